The number of halogens is 1. The lowest BCUT2D eigenvalue weighted by molar-refractivity contribution is 0.199. The molecule has 1 aromatic carbocycles. The van der Waals surface area contributed by atoms with Gasteiger partial charge in [-0.1, -0.05) is 12.1 Å². The van der Waals surface area contributed by atoms with E-state index in [0.717, 1.165) is 6.26 Å². The molecule has 0 fully saturated rings. The van der Waals surface area contributed by atoms with Crippen molar-refractivity contribution in [3.63, 3.8) is 0 Å². The quantitative estimate of drug-likeness (QED) is 0.856. The van der Waals surface area contributed by atoms with E-state index < -0.39 is 16.1 Å². The van der Waals surface area contributed by atoms with E-state index in [9.17, 15) is 13.5 Å². The molecule has 1 unspecified atom stereocenters. The Morgan fingerprint density at radius 2 is 2.00 bits per heavy atom. The van der Waals surface area contributed by atoms with Crippen molar-refractivity contribution in [2.24, 2.45) is 0 Å². The summed E-state index contributed by atoms with van der Waals surface area (Å²) in [5, 5.41) is 9.27. The van der Waals surface area contributed by atoms with Crippen molar-refractivity contribution in [1.82, 2.24) is 0 Å². The van der Waals surface area contributed by atoms with E-state index in [2.05, 4.69) is 4.72 Å². The second-order valence-electron chi connectivity index (χ2n) is 3.18. The molecule has 86 valence electrons. The summed E-state index contributed by atoms with van der Waals surface area (Å²) in [4.78, 5) is 0. The van der Waals surface area contributed by atoms with Crippen LogP contribution in [0.1, 0.15) is 18.6 Å². The average Bonchev–Trinajstić information content (AvgIpc) is 2.01. The third-order valence-corrected chi connectivity index (χ3v) is 2.28. The molecule has 0 aliphatic rings. The number of hydrogen-bond donors (Lipinski definition) is 2. The van der Waals surface area contributed by atoms with E-state index in [4.69, 9.17) is 0 Å². The lowest BCUT2D eigenvalue weighted by atomic mass is 10.1. The van der Waals surface area contributed by atoms with E-state index >= 15 is 0 Å². The van der Waals surface area contributed by atoms with Crippen LogP contribution in [-0.4, -0.2) is 19.8 Å². The number of hydrogen-bond acceptors (Lipinski definition) is 3. The molecule has 0 aliphatic carbocycles. The Labute approximate surface area is 95.8 Å². The average molecular weight is 252 g/mol. The van der Waals surface area contributed by atoms with Crippen molar-refractivity contribution in [1.29, 1.82) is 0 Å². The summed E-state index contributed by atoms with van der Waals surface area (Å²) >= 11 is 0. The van der Waals surface area contributed by atoms with Crippen LogP contribution in [0.2, 0.25) is 0 Å². The smallest absolute Gasteiger partial charge is 0.229 e. The lowest BCUT2D eigenvalue weighted by Crippen LogP contribution is -2.09. The van der Waals surface area contributed by atoms with E-state index in [-0.39, 0.29) is 12.4 Å². The van der Waals surface area contributed by atoms with Crippen LogP contribution in [0.4, 0.5) is 5.69 Å². The normalized spacial score (nSPS) is 12.7. The third kappa shape index (κ3) is 5.01. The molecule has 2 N–H and O–H groups in total. The minimum atomic E-state index is -3.25. The zero-order valence-electron chi connectivity index (χ0n) is 8.47. The number of nitrogens with one attached hydrogen (secondary N) is 1. The van der Waals surface area contributed by atoms with Crippen molar-refractivity contribution in [2.45, 2.75) is 13.0 Å². The third-order valence-electron chi connectivity index (χ3n) is 1.67. The van der Waals surface area contributed by atoms with Crippen LogP contribution >= 0.6 is 12.4 Å². The van der Waals surface area contributed by atoms with Crippen LogP contribution in [0.25, 0.3) is 0 Å². The molecule has 0 aliphatic heterocycles. The Bertz CT molecular complexity index is 417. The van der Waals surface area contributed by atoms with Gasteiger partial charge in [-0.25, -0.2) is 8.42 Å². The van der Waals surface area contributed by atoms with Gasteiger partial charge in [-0.3, -0.25) is 4.72 Å². The van der Waals surface area contributed by atoms with Gasteiger partial charge < -0.3 is 5.11 Å². The van der Waals surface area contributed by atoms with Crippen LogP contribution in [0.5, 0.6) is 0 Å². The van der Waals surface area contributed by atoms with Crippen molar-refractivity contribution < 1.29 is 13.5 Å². The van der Waals surface area contributed by atoms with Crippen molar-refractivity contribution in [3.05, 3.63) is 29.8 Å². The summed E-state index contributed by atoms with van der Waals surface area (Å²) in [6, 6.07) is 6.66. The lowest BCUT2D eigenvalue weighted by Gasteiger charge is -2.08. The maximum absolute atomic E-state index is 10.9. The Hall–Kier alpha value is -0.780. The van der Waals surface area contributed by atoms with Crippen LogP contribution in [0.3, 0.4) is 0 Å². The first-order valence-electron chi connectivity index (χ1n) is 4.14. The summed E-state index contributed by atoms with van der Waals surface area (Å²) in [5.41, 5.74) is 1.14. The highest BCUT2D eigenvalue weighted by atomic mass is 35.5. The standard InChI is InChI=1S/C9H13NO3S.ClH/c1-7(11)8-4-3-5-9(6-8)10-14(2,12)13;/h3-7,10-11H,1-2H3;1H. The molecule has 0 spiro atoms. The molecule has 0 bridgehead atoms. The number of benzene rings is 1. The molecule has 4 nitrogen and oxygen atoms in total. The predicted octanol–water partition coefficient (Wildman–Crippen LogP) is 1.53. The van der Waals surface area contributed by atoms with E-state index in [1.54, 1.807) is 31.2 Å². The first-order valence-corrected chi connectivity index (χ1v) is 6.03. The van der Waals surface area contributed by atoms with E-state index in [1.807, 2.05) is 0 Å². The first-order chi connectivity index (χ1) is 6.38. The van der Waals surface area contributed by atoms with Gasteiger partial charge >= 0.3 is 0 Å². The number of rotatable bonds is 3. The number of anilines is 1. The van der Waals surface area contributed by atoms with Gasteiger partial charge in [0.1, 0.15) is 0 Å². The van der Waals surface area contributed by atoms with Gasteiger partial charge in [0.2, 0.25) is 10.0 Å². The highest BCUT2D eigenvalue weighted by molar-refractivity contribution is 7.92. The highest BCUT2D eigenvalue weighted by Crippen LogP contribution is 2.17. The van der Waals surface area contributed by atoms with Crippen LogP contribution in [-0.2, 0) is 10.0 Å². The minimum Gasteiger partial charge on any atom is -0.389 e. The molecule has 0 amide bonds. The van der Waals surface area contributed by atoms with Gasteiger partial charge in [0.15, 0.2) is 0 Å². The van der Waals surface area contributed by atoms with Crippen molar-refractivity contribution >= 4 is 28.1 Å². The Morgan fingerprint density at radius 1 is 1.40 bits per heavy atom. The summed E-state index contributed by atoms with van der Waals surface area (Å²) in [6.45, 7) is 1.62. The molecule has 0 heterocycles. The van der Waals surface area contributed by atoms with Crippen LogP contribution in [0.15, 0.2) is 24.3 Å². The molecule has 1 rings (SSSR count). The Kier molecular flexibility index (Phi) is 5.07. The van der Waals surface area contributed by atoms with Gasteiger partial charge in [-0.15, -0.1) is 12.4 Å². The monoisotopic (exact) mass is 251 g/mol. The van der Waals surface area contributed by atoms with E-state index in [1.165, 1.54) is 0 Å². The molecule has 0 radical (unpaired) electrons. The molecular weight excluding hydrogens is 238 g/mol. The second kappa shape index (κ2) is 5.34. The SMILES string of the molecule is CC(O)c1cccc(NS(C)(=O)=O)c1.Cl. The Morgan fingerprint density at radius 3 is 2.47 bits per heavy atom. The number of aliphatic hydroxyl groups is 1. The van der Waals surface area contributed by atoms with Crippen LogP contribution < -0.4 is 4.72 Å². The molecule has 0 saturated heterocycles. The minimum absolute atomic E-state index is 0. The fraction of sp³-hybridized carbons (Fsp3) is 0.333. The fourth-order valence-electron chi connectivity index (χ4n) is 1.08. The van der Waals surface area contributed by atoms with E-state index in [0.29, 0.717) is 11.3 Å². The maximum atomic E-state index is 10.9. The zero-order chi connectivity index (χ0) is 10.8. The molecule has 1 aromatic rings. The van der Waals surface area contributed by atoms with Crippen molar-refractivity contribution in [2.75, 3.05) is 11.0 Å². The molecular formula is C9H14ClNO3S. The second-order valence-corrected chi connectivity index (χ2v) is 4.92. The maximum Gasteiger partial charge on any atom is 0.229 e. The van der Waals surface area contributed by atoms with Gasteiger partial charge in [0, 0.05) is 5.69 Å². The summed E-state index contributed by atoms with van der Waals surface area (Å²) in [7, 11) is -3.25. The summed E-state index contributed by atoms with van der Waals surface area (Å²) < 4.78 is 24.2. The topological polar surface area (TPSA) is 66.4 Å². The zero-order valence-corrected chi connectivity index (χ0v) is 10.1. The Balaban J connectivity index is 0.00000196. The van der Waals surface area contributed by atoms with Gasteiger partial charge in [0.25, 0.3) is 0 Å². The summed E-state index contributed by atoms with van der Waals surface area (Å²) in [6.07, 6.45) is 0.485. The van der Waals surface area contributed by atoms with Gasteiger partial charge in [-0.2, -0.15) is 0 Å². The van der Waals surface area contributed by atoms with Crippen molar-refractivity contribution in [3.8, 4) is 0 Å². The van der Waals surface area contributed by atoms with Gasteiger partial charge in [-0.05, 0) is 24.6 Å². The largest absolute Gasteiger partial charge is 0.389 e. The first kappa shape index (κ1) is 14.2. The number of sulfonamides is 1. The summed E-state index contributed by atoms with van der Waals surface area (Å²) in [5.74, 6) is 0. The number of aliphatic hydroxyl groups excluding tert-OH is 1. The molecule has 1 atom stereocenters. The van der Waals surface area contributed by atoms with Gasteiger partial charge in [0.05, 0.1) is 12.4 Å². The molecule has 0 aromatic heterocycles. The molecule has 15 heavy (non-hydrogen) atoms. The molecule has 6 heteroatoms. The molecule has 0 saturated carbocycles. The predicted molar refractivity (Wildman–Crippen MR) is 62.8 cm³/mol. The highest BCUT2D eigenvalue weighted by Gasteiger charge is 2.04. The van der Waals surface area contributed by atoms with Crippen LogP contribution in [0, 0.1) is 0 Å². The fourth-order valence-corrected chi connectivity index (χ4v) is 1.63.